The van der Waals surface area contributed by atoms with Gasteiger partial charge in [0, 0.05) is 0 Å². The average molecular weight is 250 g/mol. The van der Waals surface area contributed by atoms with Gasteiger partial charge in [-0.1, -0.05) is 65.3 Å². The highest BCUT2D eigenvalue weighted by Gasteiger charge is 2.03. The van der Waals surface area contributed by atoms with E-state index in [0.29, 0.717) is 11.7 Å². The lowest BCUT2D eigenvalue weighted by Crippen LogP contribution is -1.99. The summed E-state index contributed by atoms with van der Waals surface area (Å²) in [6, 6.07) is 7.35. The van der Waals surface area contributed by atoms with E-state index in [0.717, 1.165) is 6.42 Å². The SMILES string of the molecule is C=C(C)[C@@H](C)Cc1ccc(O)cc1.CC.CCC. The molecule has 0 aromatic heterocycles. The molecule has 0 saturated heterocycles. The molecule has 0 heterocycles. The molecule has 0 amide bonds. The first-order valence-corrected chi connectivity index (χ1v) is 6.94. The van der Waals surface area contributed by atoms with Gasteiger partial charge in [0.15, 0.2) is 0 Å². The smallest absolute Gasteiger partial charge is 0.115 e. The maximum Gasteiger partial charge on any atom is 0.115 e. The van der Waals surface area contributed by atoms with Gasteiger partial charge < -0.3 is 5.11 Å². The number of phenols is 1. The van der Waals surface area contributed by atoms with Crippen molar-refractivity contribution in [1.29, 1.82) is 0 Å². The van der Waals surface area contributed by atoms with Gasteiger partial charge in [0.1, 0.15) is 5.75 Å². The van der Waals surface area contributed by atoms with E-state index < -0.39 is 0 Å². The van der Waals surface area contributed by atoms with Crippen molar-refractivity contribution in [2.45, 2.75) is 54.4 Å². The van der Waals surface area contributed by atoms with E-state index in [1.807, 2.05) is 32.9 Å². The summed E-state index contributed by atoms with van der Waals surface area (Å²) in [6.07, 6.45) is 2.25. The van der Waals surface area contributed by atoms with Crippen molar-refractivity contribution in [3.05, 3.63) is 42.0 Å². The Balaban J connectivity index is 0. The number of hydrogen-bond acceptors (Lipinski definition) is 1. The monoisotopic (exact) mass is 250 g/mol. The molecule has 1 N–H and O–H groups in total. The minimum Gasteiger partial charge on any atom is -0.508 e. The third kappa shape index (κ3) is 9.95. The standard InChI is InChI=1S/C12H16O.C3H8.C2H6/c1-9(2)10(3)8-11-4-6-12(13)7-5-11;1-3-2;1-2/h4-7,10,13H,1,8H2,2-3H3;3H2,1-2H3;1-2H3/t10-;;/m0../s1. The summed E-state index contributed by atoms with van der Waals surface area (Å²) < 4.78 is 0. The Kier molecular flexibility index (Phi) is 13.0. The Morgan fingerprint density at radius 2 is 1.56 bits per heavy atom. The molecule has 1 nitrogen and oxygen atoms in total. The Hall–Kier alpha value is -1.24. The second kappa shape index (κ2) is 12.2. The van der Waals surface area contributed by atoms with E-state index in [4.69, 9.17) is 5.11 Å². The van der Waals surface area contributed by atoms with Crippen LogP contribution in [0.25, 0.3) is 0 Å². The van der Waals surface area contributed by atoms with Crippen molar-refractivity contribution in [3.63, 3.8) is 0 Å². The first-order chi connectivity index (χ1) is 8.51. The summed E-state index contributed by atoms with van der Waals surface area (Å²) >= 11 is 0. The topological polar surface area (TPSA) is 20.2 Å². The van der Waals surface area contributed by atoms with Gasteiger partial charge in [-0.05, 0) is 37.0 Å². The van der Waals surface area contributed by atoms with Gasteiger partial charge in [-0.25, -0.2) is 0 Å². The van der Waals surface area contributed by atoms with Crippen LogP contribution in [0.5, 0.6) is 5.75 Å². The van der Waals surface area contributed by atoms with E-state index in [1.165, 1.54) is 17.6 Å². The van der Waals surface area contributed by atoms with Gasteiger partial charge in [0.25, 0.3) is 0 Å². The number of allylic oxidation sites excluding steroid dienone is 1. The summed E-state index contributed by atoms with van der Waals surface area (Å²) in [4.78, 5) is 0. The van der Waals surface area contributed by atoms with Gasteiger partial charge in [0.2, 0.25) is 0 Å². The van der Waals surface area contributed by atoms with E-state index in [1.54, 1.807) is 12.1 Å². The number of aromatic hydroxyl groups is 1. The molecule has 0 saturated carbocycles. The largest absolute Gasteiger partial charge is 0.508 e. The molecular weight excluding hydrogens is 220 g/mol. The molecule has 0 spiro atoms. The molecule has 0 aliphatic carbocycles. The van der Waals surface area contributed by atoms with Crippen LogP contribution in [0, 0.1) is 5.92 Å². The van der Waals surface area contributed by atoms with E-state index >= 15 is 0 Å². The van der Waals surface area contributed by atoms with Crippen LogP contribution >= 0.6 is 0 Å². The normalized spacial score (nSPS) is 10.3. The number of benzene rings is 1. The Morgan fingerprint density at radius 1 is 1.17 bits per heavy atom. The van der Waals surface area contributed by atoms with Crippen molar-refractivity contribution in [2.24, 2.45) is 5.92 Å². The van der Waals surface area contributed by atoms with Crippen LogP contribution in [0.1, 0.15) is 53.5 Å². The molecule has 1 aromatic rings. The summed E-state index contributed by atoms with van der Waals surface area (Å²) in [5, 5.41) is 9.08. The summed E-state index contributed by atoms with van der Waals surface area (Å²) in [7, 11) is 0. The van der Waals surface area contributed by atoms with Gasteiger partial charge >= 0.3 is 0 Å². The lowest BCUT2D eigenvalue weighted by molar-refractivity contribution is 0.475. The van der Waals surface area contributed by atoms with Gasteiger partial charge in [-0.15, -0.1) is 0 Å². The lowest BCUT2D eigenvalue weighted by Gasteiger charge is -2.10. The zero-order chi connectivity index (χ0) is 14.6. The van der Waals surface area contributed by atoms with Crippen LogP contribution in [-0.2, 0) is 6.42 Å². The van der Waals surface area contributed by atoms with Crippen molar-refractivity contribution in [2.75, 3.05) is 0 Å². The minimum atomic E-state index is 0.326. The van der Waals surface area contributed by atoms with Crippen LogP contribution in [0.4, 0.5) is 0 Å². The molecule has 0 aliphatic heterocycles. The van der Waals surface area contributed by atoms with E-state index in [2.05, 4.69) is 27.4 Å². The third-order valence-corrected chi connectivity index (χ3v) is 2.32. The minimum absolute atomic E-state index is 0.326. The maximum atomic E-state index is 9.08. The van der Waals surface area contributed by atoms with Crippen LogP contribution in [0.15, 0.2) is 36.4 Å². The molecular formula is C17H30O. The molecule has 0 fully saturated rings. The highest BCUT2D eigenvalue weighted by atomic mass is 16.3. The summed E-state index contributed by atoms with van der Waals surface area (Å²) in [6.45, 7) is 16.4. The zero-order valence-electron chi connectivity index (χ0n) is 13.0. The van der Waals surface area contributed by atoms with Crippen molar-refractivity contribution in [3.8, 4) is 5.75 Å². The second-order valence-electron chi connectivity index (χ2n) is 4.33. The van der Waals surface area contributed by atoms with Gasteiger partial charge in [-0.3, -0.25) is 0 Å². The van der Waals surface area contributed by atoms with E-state index in [-0.39, 0.29) is 0 Å². The van der Waals surface area contributed by atoms with Crippen molar-refractivity contribution >= 4 is 0 Å². The van der Waals surface area contributed by atoms with Gasteiger partial charge in [0.05, 0.1) is 0 Å². The maximum absolute atomic E-state index is 9.08. The number of rotatable bonds is 3. The zero-order valence-corrected chi connectivity index (χ0v) is 13.0. The molecule has 104 valence electrons. The molecule has 1 heteroatoms. The second-order valence-corrected chi connectivity index (χ2v) is 4.33. The van der Waals surface area contributed by atoms with E-state index in [9.17, 15) is 0 Å². The van der Waals surface area contributed by atoms with Crippen LogP contribution in [0.2, 0.25) is 0 Å². The highest BCUT2D eigenvalue weighted by Crippen LogP contribution is 2.16. The molecule has 0 radical (unpaired) electrons. The fraction of sp³-hybridized carbons (Fsp3) is 0.529. The summed E-state index contributed by atoms with van der Waals surface area (Å²) in [5.41, 5.74) is 2.45. The predicted octanol–water partition coefficient (Wildman–Crippen LogP) is 5.59. The Morgan fingerprint density at radius 3 is 1.89 bits per heavy atom. The average Bonchev–Trinajstić information content (AvgIpc) is 2.35. The highest BCUT2D eigenvalue weighted by molar-refractivity contribution is 5.26. The molecule has 0 bridgehead atoms. The Labute approximate surface area is 114 Å². The third-order valence-electron chi connectivity index (χ3n) is 2.32. The lowest BCUT2D eigenvalue weighted by atomic mass is 9.96. The van der Waals surface area contributed by atoms with Crippen LogP contribution < -0.4 is 0 Å². The fourth-order valence-corrected chi connectivity index (χ4v) is 1.16. The summed E-state index contributed by atoms with van der Waals surface area (Å²) in [5.74, 6) is 0.830. The molecule has 18 heavy (non-hydrogen) atoms. The fourth-order valence-electron chi connectivity index (χ4n) is 1.16. The van der Waals surface area contributed by atoms with Crippen molar-refractivity contribution < 1.29 is 5.11 Å². The van der Waals surface area contributed by atoms with Crippen LogP contribution in [0.3, 0.4) is 0 Å². The molecule has 0 aliphatic rings. The number of hydrogen-bond donors (Lipinski definition) is 1. The first kappa shape index (κ1) is 19.1. The molecule has 1 aromatic carbocycles. The molecule has 0 unspecified atom stereocenters. The Bertz CT molecular complexity index is 298. The first-order valence-electron chi connectivity index (χ1n) is 6.94. The molecule has 1 rings (SSSR count). The quantitative estimate of drug-likeness (QED) is 0.693. The number of phenolic OH excluding ortho intramolecular Hbond substituents is 1. The van der Waals surface area contributed by atoms with Gasteiger partial charge in [-0.2, -0.15) is 0 Å². The van der Waals surface area contributed by atoms with Crippen LogP contribution in [-0.4, -0.2) is 5.11 Å². The molecule has 1 atom stereocenters. The van der Waals surface area contributed by atoms with Crippen molar-refractivity contribution in [1.82, 2.24) is 0 Å². The predicted molar refractivity (Wildman–Crippen MR) is 83.1 cm³/mol.